The number of hydrogen-bond donors (Lipinski definition) is 1. The maximum absolute atomic E-state index is 6.01. The van der Waals surface area contributed by atoms with Gasteiger partial charge in [-0.15, -0.1) is 12.4 Å². The summed E-state index contributed by atoms with van der Waals surface area (Å²) >= 11 is 11.9. The highest BCUT2D eigenvalue weighted by molar-refractivity contribution is 6.42. The van der Waals surface area contributed by atoms with Crippen molar-refractivity contribution in [1.82, 2.24) is 5.32 Å². The molecular formula is C15H24Cl3N. The summed E-state index contributed by atoms with van der Waals surface area (Å²) in [4.78, 5) is 0. The van der Waals surface area contributed by atoms with E-state index >= 15 is 0 Å². The topological polar surface area (TPSA) is 12.0 Å². The molecule has 0 fully saturated rings. The van der Waals surface area contributed by atoms with Crippen molar-refractivity contribution in [2.45, 2.75) is 53.1 Å². The SMILES string of the molecule is CC(C)(C)CC(C)(C)NCc1ccc(Cl)c(Cl)c1.Cl. The van der Waals surface area contributed by atoms with E-state index in [4.69, 9.17) is 23.2 Å². The van der Waals surface area contributed by atoms with Crippen molar-refractivity contribution >= 4 is 35.6 Å². The molecule has 0 spiro atoms. The summed E-state index contributed by atoms with van der Waals surface area (Å²) in [5.41, 5.74) is 1.57. The third-order valence-electron chi connectivity index (χ3n) is 2.73. The van der Waals surface area contributed by atoms with Crippen molar-refractivity contribution in [3.63, 3.8) is 0 Å². The lowest BCUT2D eigenvalue weighted by molar-refractivity contribution is 0.241. The fourth-order valence-corrected chi connectivity index (χ4v) is 2.70. The summed E-state index contributed by atoms with van der Waals surface area (Å²) < 4.78 is 0. The van der Waals surface area contributed by atoms with Crippen LogP contribution in [-0.2, 0) is 6.54 Å². The Hall–Kier alpha value is 0.0500. The number of halogens is 3. The van der Waals surface area contributed by atoms with E-state index in [0.717, 1.165) is 18.5 Å². The van der Waals surface area contributed by atoms with Crippen LogP contribution in [0, 0.1) is 5.41 Å². The molecule has 0 heterocycles. The highest BCUT2D eigenvalue weighted by atomic mass is 35.5. The predicted octanol–water partition coefficient (Wildman–Crippen LogP) is 5.72. The lowest BCUT2D eigenvalue weighted by Gasteiger charge is -2.33. The van der Waals surface area contributed by atoms with Gasteiger partial charge < -0.3 is 5.32 Å². The Labute approximate surface area is 133 Å². The standard InChI is InChI=1S/C15H23Cl2N.ClH/c1-14(2,3)10-15(4,5)18-9-11-6-7-12(16)13(17)8-11;/h6-8,18H,9-10H2,1-5H3;1H. The van der Waals surface area contributed by atoms with Gasteiger partial charge in [-0.3, -0.25) is 0 Å². The van der Waals surface area contributed by atoms with Crippen molar-refractivity contribution in [1.29, 1.82) is 0 Å². The fraction of sp³-hybridized carbons (Fsp3) is 0.600. The normalized spacial score (nSPS) is 12.2. The van der Waals surface area contributed by atoms with Crippen LogP contribution >= 0.6 is 35.6 Å². The molecule has 0 aliphatic carbocycles. The molecule has 0 saturated carbocycles. The minimum atomic E-state index is 0. The van der Waals surface area contributed by atoms with Crippen LogP contribution in [0.5, 0.6) is 0 Å². The number of rotatable bonds is 4. The average Bonchev–Trinajstić information content (AvgIpc) is 2.16. The monoisotopic (exact) mass is 323 g/mol. The van der Waals surface area contributed by atoms with Crippen molar-refractivity contribution in [3.8, 4) is 0 Å². The van der Waals surface area contributed by atoms with E-state index in [1.54, 1.807) is 0 Å². The Morgan fingerprint density at radius 1 is 1.00 bits per heavy atom. The quantitative estimate of drug-likeness (QED) is 0.747. The van der Waals surface area contributed by atoms with E-state index in [1.165, 1.54) is 0 Å². The van der Waals surface area contributed by atoms with Crippen molar-refractivity contribution in [2.24, 2.45) is 5.41 Å². The molecule has 1 aromatic rings. The summed E-state index contributed by atoms with van der Waals surface area (Å²) in [5.74, 6) is 0. The number of hydrogen-bond acceptors (Lipinski definition) is 1. The summed E-state index contributed by atoms with van der Waals surface area (Å²) in [5, 5.41) is 4.80. The van der Waals surface area contributed by atoms with Crippen LogP contribution in [0.1, 0.15) is 46.6 Å². The zero-order valence-corrected chi connectivity index (χ0v) is 14.6. The van der Waals surface area contributed by atoms with Gasteiger partial charge >= 0.3 is 0 Å². The molecule has 0 aliphatic rings. The molecule has 0 aromatic heterocycles. The molecule has 0 unspecified atom stereocenters. The lowest BCUT2D eigenvalue weighted by Crippen LogP contribution is -2.41. The molecule has 1 nitrogen and oxygen atoms in total. The minimum Gasteiger partial charge on any atom is -0.308 e. The second kappa shape index (κ2) is 7.17. The van der Waals surface area contributed by atoms with E-state index in [-0.39, 0.29) is 17.9 Å². The van der Waals surface area contributed by atoms with Crippen LogP contribution in [0.3, 0.4) is 0 Å². The summed E-state index contributed by atoms with van der Waals surface area (Å²) in [7, 11) is 0. The predicted molar refractivity (Wildman–Crippen MR) is 88.7 cm³/mol. The van der Waals surface area contributed by atoms with Gasteiger partial charge in [0, 0.05) is 12.1 Å². The van der Waals surface area contributed by atoms with E-state index in [2.05, 4.69) is 39.9 Å². The molecule has 110 valence electrons. The molecule has 1 aromatic carbocycles. The largest absolute Gasteiger partial charge is 0.308 e. The molecule has 0 amide bonds. The maximum atomic E-state index is 6.01. The molecule has 0 bridgehead atoms. The Morgan fingerprint density at radius 3 is 2.05 bits per heavy atom. The van der Waals surface area contributed by atoms with Crippen molar-refractivity contribution < 1.29 is 0 Å². The minimum absolute atomic E-state index is 0. The first-order valence-corrected chi connectivity index (χ1v) is 7.04. The van der Waals surface area contributed by atoms with E-state index < -0.39 is 0 Å². The highest BCUT2D eigenvalue weighted by Crippen LogP contribution is 2.27. The summed E-state index contributed by atoms with van der Waals surface area (Å²) in [6.07, 6.45) is 1.11. The molecule has 0 radical (unpaired) electrons. The van der Waals surface area contributed by atoms with Gasteiger partial charge in [0.25, 0.3) is 0 Å². The van der Waals surface area contributed by atoms with Gasteiger partial charge in [0.2, 0.25) is 0 Å². The number of nitrogens with one attached hydrogen (secondary N) is 1. The van der Waals surface area contributed by atoms with Crippen LogP contribution in [0.4, 0.5) is 0 Å². The van der Waals surface area contributed by atoms with E-state index in [0.29, 0.717) is 15.5 Å². The smallest absolute Gasteiger partial charge is 0.0595 e. The molecule has 0 aliphatic heterocycles. The second-order valence-electron chi connectivity index (χ2n) is 6.72. The zero-order valence-electron chi connectivity index (χ0n) is 12.3. The Balaban J connectivity index is 0.00000324. The lowest BCUT2D eigenvalue weighted by atomic mass is 9.82. The Bertz CT molecular complexity index is 408. The Kier molecular flexibility index (Phi) is 7.19. The van der Waals surface area contributed by atoms with Crippen molar-refractivity contribution in [3.05, 3.63) is 33.8 Å². The van der Waals surface area contributed by atoms with Crippen LogP contribution in [-0.4, -0.2) is 5.54 Å². The van der Waals surface area contributed by atoms with E-state index in [9.17, 15) is 0 Å². The van der Waals surface area contributed by atoms with Crippen LogP contribution in [0.25, 0.3) is 0 Å². The van der Waals surface area contributed by atoms with E-state index in [1.807, 2.05) is 18.2 Å². The number of benzene rings is 1. The summed E-state index contributed by atoms with van der Waals surface area (Å²) in [6.45, 7) is 12.0. The third kappa shape index (κ3) is 7.41. The molecule has 4 heteroatoms. The first kappa shape index (κ1) is 19.1. The third-order valence-corrected chi connectivity index (χ3v) is 3.47. The molecule has 1 N–H and O–H groups in total. The Morgan fingerprint density at radius 2 is 1.58 bits per heavy atom. The molecule has 0 saturated heterocycles. The second-order valence-corrected chi connectivity index (χ2v) is 7.54. The van der Waals surface area contributed by atoms with Gasteiger partial charge in [-0.05, 0) is 43.4 Å². The van der Waals surface area contributed by atoms with Crippen LogP contribution in [0.2, 0.25) is 10.0 Å². The average molecular weight is 325 g/mol. The zero-order chi connectivity index (χ0) is 14.0. The molecular weight excluding hydrogens is 301 g/mol. The molecule has 19 heavy (non-hydrogen) atoms. The van der Waals surface area contributed by atoms with Crippen LogP contribution in [0.15, 0.2) is 18.2 Å². The van der Waals surface area contributed by atoms with Crippen LogP contribution < -0.4 is 5.32 Å². The van der Waals surface area contributed by atoms with Gasteiger partial charge in [-0.1, -0.05) is 50.0 Å². The highest BCUT2D eigenvalue weighted by Gasteiger charge is 2.24. The van der Waals surface area contributed by atoms with Gasteiger partial charge in [0.1, 0.15) is 0 Å². The fourth-order valence-electron chi connectivity index (χ4n) is 2.38. The van der Waals surface area contributed by atoms with Gasteiger partial charge in [-0.2, -0.15) is 0 Å². The summed E-state index contributed by atoms with van der Waals surface area (Å²) in [6, 6.07) is 5.77. The first-order chi connectivity index (χ1) is 8.09. The maximum Gasteiger partial charge on any atom is 0.0595 e. The first-order valence-electron chi connectivity index (χ1n) is 6.28. The van der Waals surface area contributed by atoms with Gasteiger partial charge in [0.05, 0.1) is 10.0 Å². The molecule has 0 atom stereocenters. The van der Waals surface area contributed by atoms with Gasteiger partial charge in [0.15, 0.2) is 0 Å². The van der Waals surface area contributed by atoms with Crippen molar-refractivity contribution in [2.75, 3.05) is 0 Å². The molecule has 1 rings (SSSR count). The van der Waals surface area contributed by atoms with Gasteiger partial charge in [-0.25, -0.2) is 0 Å².